The summed E-state index contributed by atoms with van der Waals surface area (Å²) in [5, 5.41) is 4.30. The van der Waals surface area contributed by atoms with Gasteiger partial charge in [0, 0.05) is 27.5 Å². The summed E-state index contributed by atoms with van der Waals surface area (Å²) in [6.45, 7) is 28.1. The van der Waals surface area contributed by atoms with Gasteiger partial charge in [-0.3, -0.25) is 4.52 Å². The Hall–Kier alpha value is -3.98. The van der Waals surface area contributed by atoms with Gasteiger partial charge >= 0.3 is 16.8 Å². The highest BCUT2D eigenvalue weighted by Gasteiger charge is 2.36. The highest BCUT2D eigenvalue weighted by atomic mass is 31.2. The van der Waals surface area contributed by atoms with Crippen LogP contribution in [0.25, 0.3) is 33.1 Å². The number of ether oxygens (including phenoxy) is 1. The first-order valence-corrected chi connectivity index (χ1v) is 28.8. The van der Waals surface area contributed by atoms with Crippen molar-refractivity contribution in [2.45, 2.75) is 98.3 Å². The third kappa shape index (κ3) is 8.60. The lowest BCUT2D eigenvalue weighted by Crippen LogP contribution is -2.40. The van der Waals surface area contributed by atoms with Crippen molar-refractivity contribution in [1.29, 1.82) is 0 Å². The highest BCUT2D eigenvalue weighted by Crippen LogP contribution is 2.53. The van der Waals surface area contributed by atoms with Crippen LogP contribution in [-0.2, 0) is 22.0 Å². The molecule has 0 radical (unpaired) electrons. The quantitative estimate of drug-likeness (QED) is 0.112. The maximum Gasteiger partial charge on any atom is 0.463 e. The number of hydrogen-bond acceptors (Lipinski definition) is 7. The molecule has 300 valence electrons. The van der Waals surface area contributed by atoms with E-state index in [1.54, 1.807) is 7.11 Å². The molecule has 1 aliphatic rings. The summed E-state index contributed by atoms with van der Waals surface area (Å²) in [6, 6.07) is 31.3. The highest BCUT2D eigenvalue weighted by molar-refractivity contribution is 7.42. The van der Waals surface area contributed by atoms with Crippen molar-refractivity contribution in [3.05, 3.63) is 108 Å². The molecule has 0 aliphatic carbocycles. The van der Waals surface area contributed by atoms with Crippen molar-refractivity contribution in [3.8, 4) is 34.1 Å². The molecule has 5 aromatic carbocycles. The predicted octanol–water partition coefficient (Wildman–Crippen LogP) is 13.7. The van der Waals surface area contributed by atoms with Crippen LogP contribution in [0.5, 0.6) is 23.0 Å². The van der Waals surface area contributed by atoms with E-state index in [-0.39, 0.29) is 10.8 Å². The van der Waals surface area contributed by atoms with E-state index in [1.165, 1.54) is 21.5 Å². The summed E-state index contributed by atoms with van der Waals surface area (Å²) in [5.41, 5.74) is 6.35. The average Bonchev–Trinajstić information content (AvgIpc) is 3.29. The van der Waals surface area contributed by atoms with E-state index in [2.05, 4.69) is 117 Å². The summed E-state index contributed by atoms with van der Waals surface area (Å²) in [7, 11) is -6.36. The fraction of sp³-hybridized carbons (Fsp3) is 0.348. The second-order valence-corrected chi connectivity index (χ2v) is 31.1. The van der Waals surface area contributed by atoms with Gasteiger partial charge in [0.1, 0.15) is 22.7 Å². The molecule has 0 fully saturated rings. The summed E-state index contributed by atoms with van der Waals surface area (Å²) < 4.78 is 46.5. The van der Waals surface area contributed by atoms with Crippen molar-refractivity contribution in [2.24, 2.45) is 0 Å². The zero-order valence-electron chi connectivity index (χ0n) is 35.6. The smallest absolute Gasteiger partial charge is 0.463 e. The summed E-state index contributed by atoms with van der Waals surface area (Å²) in [4.78, 5) is 0. The van der Waals surface area contributed by atoms with E-state index in [0.29, 0.717) is 18.1 Å². The van der Waals surface area contributed by atoms with E-state index >= 15 is 0 Å². The van der Waals surface area contributed by atoms with Gasteiger partial charge in [-0.25, -0.2) is 0 Å². The van der Waals surface area contributed by atoms with Crippen molar-refractivity contribution in [2.75, 3.05) is 7.11 Å². The van der Waals surface area contributed by atoms with Crippen LogP contribution in [0.15, 0.2) is 99.4 Å². The Kier molecular flexibility index (Phi) is 11.1. The number of benzene rings is 5. The Morgan fingerprint density at radius 3 is 1.56 bits per heavy atom. The van der Waals surface area contributed by atoms with Crippen molar-refractivity contribution in [3.63, 3.8) is 0 Å². The third-order valence-electron chi connectivity index (χ3n) is 10.3. The Balaban J connectivity index is 1.54. The second kappa shape index (κ2) is 15.3. The molecule has 0 spiro atoms. The number of fused-ring (bicyclic) bond motifs is 4. The molecule has 1 aromatic heterocycles. The molecular formula is C46H56O7P2Si2. The monoisotopic (exact) mass is 838 g/mol. The van der Waals surface area contributed by atoms with E-state index < -0.39 is 33.0 Å². The van der Waals surface area contributed by atoms with E-state index in [4.69, 9.17) is 31.2 Å². The SMILES string of the molecule is COc1cccc2c1OP(Oc1c(-c3cc(C(C)(C)C)cc([Si](C)(C)C)c3Op3oc4ccccc4c4ccccc4o3)cc(C(C)(C)C)cc1[Si](C)(C)C)OC2. The van der Waals surface area contributed by atoms with Gasteiger partial charge in [-0.15, -0.1) is 0 Å². The number of methoxy groups -OCH3 is 1. The molecule has 6 aromatic rings. The van der Waals surface area contributed by atoms with Gasteiger partial charge in [0.2, 0.25) is 0 Å². The zero-order valence-corrected chi connectivity index (χ0v) is 39.4. The standard InChI is InChI=1S/C46H56O7P2Si2/c1-45(2,3)31-25-35(43(40(27-31)56(8,9)10)52-54-48-29-30-19-18-24-39(47-7)42(30)51-54)36-26-32(46(4,5)6)28-41(57(11,12)13)44(36)53-55-49-37-22-16-14-20-33(37)34-21-15-17-23-38(34)50-55/h14-28H,29H2,1-13H3. The van der Waals surface area contributed by atoms with Crippen LogP contribution in [0.2, 0.25) is 39.3 Å². The molecule has 2 heterocycles. The fourth-order valence-corrected chi connectivity index (χ4v) is 12.2. The van der Waals surface area contributed by atoms with Crippen LogP contribution < -0.4 is 28.7 Å². The van der Waals surface area contributed by atoms with Gasteiger partial charge < -0.3 is 26.7 Å². The van der Waals surface area contributed by atoms with Gasteiger partial charge in [0.05, 0.1) is 29.9 Å². The number of rotatable bonds is 8. The minimum Gasteiger partial charge on any atom is -0.493 e. The van der Waals surface area contributed by atoms with E-state index in [9.17, 15) is 0 Å². The molecule has 0 N–H and O–H groups in total. The molecule has 7 nitrogen and oxygen atoms in total. The van der Waals surface area contributed by atoms with Crippen molar-refractivity contribution in [1.82, 2.24) is 0 Å². The number of para-hydroxylation sites is 3. The molecule has 7 rings (SSSR count). The maximum atomic E-state index is 7.27. The second-order valence-electron chi connectivity index (χ2n) is 18.9. The van der Waals surface area contributed by atoms with Crippen molar-refractivity contribution < 1.29 is 31.2 Å². The first-order chi connectivity index (χ1) is 26.7. The lowest BCUT2D eigenvalue weighted by atomic mass is 9.83. The van der Waals surface area contributed by atoms with Gasteiger partial charge in [0.25, 0.3) is 0 Å². The molecule has 1 aliphatic heterocycles. The van der Waals surface area contributed by atoms with Crippen LogP contribution in [0, 0.1) is 0 Å². The Morgan fingerprint density at radius 1 is 0.596 bits per heavy atom. The number of hydrogen-bond donors (Lipinski definition) is 0. The van der Waals surface area contributed by atoms with Gasteiger partial charge in [0.15, 0.2) is 11.5 Å². The molecule has 0 saturated heterocycles. The Labute approximate surface area is 342 Å². The first-order valence-electron chi connectivity index (χ1n) is 19.6. The van der Waals surface area contributed by atoms with Crippen LogP contribution in [0.3, 0.4) is 0 Å². The summed E-state index contributed by atoms with van der Waals surface area (Å²) in [5.74, 6) is 2.83. The topological polar surface area (TPSA) is 72.4 Å². The fourth-order valence-electron chi connectivity index (χ4n) is 6.95. The molecule has 1 atom stereocenters. The van der Waals surface area contributed by atoms with Gasteiger partial charge in [-0.1, -0.05) is 141 Å². The van der Waals surface area contributed by atoms with Crippen LogP contribution >= 0.6 is 16.8 Å². The molecule has 0 amide bonds. The van der Waals surface area contributed by atoms with Gasteiger partial charge in [-0.05, 0) is 62.7 Å². The predicted molar refractivity (Wildman–Crippen MR) is 244 cm³/mol. The first kappa shape index (κ1) is 41.2. The normalized spacial score (nSPS) is 14.9. The van der Waals surface area contributed by atoms with Crippen molar-refractivity contribution >= 4 is 65.3 Å². The van der Waals surface area contributed by atoms with Crippen LogP contribution in [0.4, 0.5) is 0 Å². The largest absolute Gasteiger partial charge is 0.493 e. The zero-order chi connectivity index (χ0) is 41.1. The molecule has 11 heteroatoms. The third-order valence-corrected chi connectivity index (χ3v) is 16.3. The van der Waals surface area contributed by atoms with E-state index in [1.807, 2.05) is 54.6 Å². The van der Waals surface area contributed by atoms with E-state index in [0.717, 1.165) is 50.1 Å². The minimum atomic E-state index is -2.12. The lowest BCUT2D eigenvalue weighted by molar-refractivity contribution is 0.228. The molecule has 1 unspecified atom stereocenters. The Bertz CT molecular complexity index is 2430. The lowest BCUT2D eigenvalue weighted by Gasteiger charge is -2.32. The minimum absolute atomic E-state index is 0.160. The summed E-state index contributed by atoms with van der Waals surface area (Å²) in [6.07, 6.45) is 0. The average molecular weight is 839 g/mol. The van der Waals surface area contributed by atoms with Crippen LogP contribution in [-0.4, -0.2) is 23.3 Å². The Morgan fingerprint density at radius 2 is 1.09 bits per heavy atom. The molecule has 57 heavy (non-hydrogen) atoms. The molecule has 0 bridgehead atoms. The van der Waals surface area contributed by atoms with Crippen LogP contribution in [0.1, 0.15) is 58.2 Å². The maximum absolute atomic E-state index is 7.27. The molecular weight excluding hydrogens is 783 g/mol. The molecule has 0 saturated carbocycles. The van der Waals surface area contributed by atoms with Gasteiger partial charge in [-0.2, -0.15) is 0 Å². The summed E-state index contributed by atoms with van der Waals surface area (Å²) >= 11 is 0.